The molecular weight excluding hydrogens is 344 g/mol. The molecule has 0 atom stereocenters. The third kappa shape index (κ3) is 4.46. The molecule has 0 unspecified atom stereocenters. The Morgan fingerprint density at radius 2 is 1.31 bits per heavy atom. The first kappa shape index (κ1) is 20.0. The van der Waals surface area contributed by atoms with E-state index in [1.165, 1.54) is 0 Å². The molecule has 0 fully saturated rings. The summed E-state index contributed by atoms with van der Waals surface area (Å²) in [5.41, 5.74) is 1.13. The molecule has 26 heavy (non-hydrogen) atoms. The smallest absolute Gasteiger partial charge is 0.250 e. The van der Waals surface area contributed by atoms with Gasteiger partial charge in [-0.25, -0.2) is 0 Å². The fourth-order valence-electron chi connectivity index (χ4n) is 2.23. The van der Waals surface area contributed by atoms with E-state index in [2.05, 4.69) is 33.9 Å². The number of ether oxygens (including phenoxy) is 2. The minimum atomic E-state index is -1.90. The minimum Gasteiger partial charge on any atom is -0.544 e. The summed E-state index contributed by atoms with van der Waals surface area (Å²) in [6.45, 7) is 11.0. The summed E-state index contributed by atoms with van der Waals surface area (Å²) >= 11 is 0. The summed E-state index contributed by atoms with van der Waals surface area (Å²) in [5.74, 6) is 1.90. The van der Waals surface area contributed by atoms with E-state index in [1.807, 2.05) is 12.1 Å². The average Bonchev–Trinajstić information content (AvgIpc) is 2.60. The fraction of sp³-hybridized carbons (Fsp3) is 0.381. The van der Waals surface area contributed by atoms with Crippen LogP contribution < -0.4 is 13.9 Å². The Hall–Kier alpha value is -2.27. The van der Waals surface area contributed by atoms with E-state index in [1.54, 1.807) is 44.6 Å². The monoisotopic (exact) mass is 372 g/mol. The van der Waals surface area contributed by atoms with E-state index in [9.17, 15) is 4.79 Å². The molecule has 2 rings (SSSR count). The zero-order chi connectivity index (χ0) is 19.5. The molecule has 0 N–H and O–H groups in total. The van der Waals surface area contributed by atoms with Crippen LogP contribution in [0, 0.1) is 0 Å². The van der Waals surface area contributed by atoms with Crippen LogP contribution in [0.5, 0.6) is 17.2 Å². The Bertz CT molecular complexity index is 751. The lowest BCUT2D eigenvalue weighted by Crippen LogP contribution is -2.43. The number of benzene rings is 2. The van der Waals surface area contributed by atoms with Gasteiger partial charge in [-0.05, 0) is 54.5 Å². The van der Waals surface area contributed by atoms with Crippen LogP contribution in [-0.2, 0) is 0 Å². The van der Waals surface area contributed by atoms with E-state index in [0.29, 0.717) is 22.6 Å². The van der Waals surface area contributed by atoms with Crippen molar-refractivity contribution in [2.45, 2.75) is 38.9 Å². The molecule has 0 amide bonds. The summed E-state index contributed by atoms with van der Waals surface area (Å²) in [4.78, 5) is 12.8. The highest BCUT2D eigenvalue weighted by atomic mass is 28.4. The Morgan fingerprint density at radius 3 is 1.73 bits per heavy atom. The fourth-order valence-corrected chi connectivity index (χ4v) is 3.26. The summed E-state index contributed by atoms with van der Waals surface area (Å²) < 4.78 is 16.8. The molecule has 2 aromatic rings. The van der Waals surface area contributed by atoms with Gasteiger partial charge in [0.15, 0.2) is 5.78 Å². The first-order valence-electron chi connectivity index (χ1n) is 8.64. The summed E-state index contributed by atoms with van der Waals surface area (Å²) in [6.07, 6.45) is 0. The molecule has 0 aliphatic carbocycles. The van der Waals surface area contributed by atoms with Crippen molar-refractivity contribution in [3.63, 3.8) is 0 Å². The first-order valence-corrected chi connectivity index (χ1v) is 11.5. The molecule has 4 nitrogen and oxygen atoms in total. The van der Waals surface area contributed by atoms with Gasteiger partial charge in [-0.3, -0.25) is 4.79 Å². The van der Waals surface area contributed by atoms with Gasteiger partial charge in [0.2, 0.25) is 8.32 Å². The maximum Gasteiger partial charge on any atom is 0.250 e. The highest BCUT2D eigenvalue weighted by Gasteiger charge is 2.38. The van der Waals surface area contributed by atoms with Crippen LogP contribution in [0.1, 0.15) is 36.7 Å². The molecule has 0 aliphatic heterocycles. The molecule has 0 heterocycles. The second-order valence-electron chi connectivity index (χ2n) is 7.82. The van der Waals surface area contributed by atoms with Gasteiger partial charge < -0.3 is 13.9 Å². The highest BCUT2D eigenvalue weighted by Crippen LogP contribution is 2.37. The van der Waals surface area contributed by atoms with Crippen LogP contribution in [0.3, 0.4) is 0 Å². The van der Waals surface area contributed by atoms with Gasteiger partial charge in [0.25, 0.3) is 0 Å². The van der Waals surface area contributed by atoms with Crippen molar-refractivity contribution in [1.82, 2.24) is 0 Å². The maximum absolute atomic E-state index is 12.8. The Balaban J connectivity index is 2.24. The number of ketones is 1. The van der Waals surface area contributed by atoms with Gasteiger partial charge in [0, 0.05) is 17.2 Å². The van der Waals surface area contributed by atoms with Crippen LogP contribution in [0.2, 0.25) is 18.1 Å². The second-order valence-corrected chi connectivity index (χ2v) is 12.5. The van der Waals surface area contributed by atoms with Crippen LogP contribution in [0.25, 0.3) is 0 Å². The van der Waals surface area contributed by atoms with Crippen molar-refractivity contribution in [3.8, 4) is 17.2 Å². The van der Waals surface area contributed by atoms with Crippen molar-refractivity contribution in [3.05, 3.63) is 53.6 Å². The molecule has 0 spiro atoms. The molecule has 0 aliphatic rings. The largest absolute Gasteiger partial charge is 0.544 e. The Labute approximate surface area is 157 Å². The lowest BCUT2D eigenvalue weighted by atomic mass is 10.0. The molecule has 0 radical (unpaired) electrons. The van der Waals surface area contributed by atoms with E-state index in [-0.39, 0.29) is 10.8 Å². The molecule has 140 valence electrons. The Morgan fingerprint density at radius 1 is 0.808 bits per heavy atom. The number of hydrogen-bond acceptors (Lipinski definition) is 4. The minimum absolute atomic E-state index is 0.0823. The van der Waals surface area contributed by atoms with Crippen LogP contribution >= 0.6 is 0 Å². The van der Waals surface area contributed by atoms with Gasteiger partial charge in [-0.1, -0.05) is 20.8 Å². The number of carbonyl (C=O) groups excluding carboxylic acids is 1. The van der Waals surface area contributed by atoms with Gasteiger partial charge in [0.05, 0.1) is 14.2 Å². The van der Waals surface area contributed by atoms with E-state index in [0.717, 1.165) is 5.75 Å². The Kier molecular flexibility index (Phi) is 5.81. The van der Waals surface area contributed by atoms with Gasteiger partial charge in [-0.15, -0.1) is 0 Å². The third-order valence-electron chi connectivity index (χ3n) is 4.91. The van der Waals surface area contributed by atoms with Crippen LogP contribution in [-0.4, -0.2) is 28.3 Å². The van der Waals surface area contributed by atoms with Gasteiger partial charge in [0.1, 0.15) is 17.2 Å². The topological polar surface area (TPSA) is 44.8 Å². The second kappa shape index (κ2) is 7.54. The summed E-state index contributed by atoms with van der Waals surface area (Å²) in [5, 5.41) is 0.124. The van der Waals surface area contributed by atoms with Crippen molar-refractivity contribution in [2.24, 2.45) is 0 Å². The maximum atomic E-state index is 12.8. The zero-order valence-electron chi connectivity index (χ0n) is 16.7. The van der Waals surface area contributed by atoms with E-state index < -0.39 is 8.32 Å². The molecule has 0 saturated heterocycles. The predicted octanol–water partition coefficient (Wildman–Crippen LogP) is 5.32. The molecular formula is C21H28O4Si. The van der Waals surface area contributed by atoms with Crippen LogP contribution in [0.15, 0.2) is 42.5 Å². The third-order valence-corrected chi connectivity index (χ3v) is 9.27. The molecule has 0 saturated carbocycles. The van der Waals surface area contributed by atoms with Gasteiger partial charge >= 0.3 is 0 Å². The zero-order valence-corrected chi connectivity index (χ0v) is 17.7. The first-order chi connectivity index (χ1) is 12.1. The number of hydrogen-bond donors (Lipinski definition) is 0. The summed E-state index contributed by atoms with van der Waals surface area (Å²) in [7, 11) is 1.23. The molecule has 2 aromatic carbocycles. The van der Waals surface area contributed by atoms with Crippen molar-refractivity contribution >= 4 is 14.1 Å². The summed E-state index contributed by atoms with van der Waals surface area (Å²) in [6, 6.07) is 12.5. The van der Waals surface area contributed by atoms with E-state index >= 15 is 0 Å². The van der Waals surface area contributed by atoms with Crippen LogP contribution in [0.4, 0.5) is 0 Å². The number of carbonyl (C=O) groups is 1. The average molecular weight is 373 g/mol. The van der Waals surface area contributed by atoms with Gasteiger partial charge in [-0.2, -0.15) is 0 Å². The number of methoxy groups -OCH3 is 2. The molecule has 0 aromatic heterocycles. The normalized spacial score (nSPS) is 11.8. The predicted molar refractivity (Wildman–Crippen MR) is 107 cm³/mol. The van der Waals surface area contributed by atoms with Crippen molar-refractivity contribution in [2.75, 3.05) is 14.2 Å². The highest BCUT2D eigenvalue weighted by molar-refractivity contribution is 6.74. The lowest BCUT2D eigenvalue weighted by Gasteiger charge is -2.36. The SMILES string of the molecule is COc1cc(OC)cc(C(=O)c2ccc(O[Si](C)(C)C(C)(C)C)cc2)c1. The van der Waals surface area contributed by atoms with Crippen molar-refractivity contribution < 1.29 is 18.7 Å². The molecule has 0 bridgehead atoms. The molecule has 5 heteroatoms. The van der Waals surface area contributed by atoms with Crippen molar-refractivity contribution in [1.29, 1.82) is 0 Å². The standard InChI is InChI=1S/C21H28O4Si/c1-21(2,3)26(6,7)25-17-10-8-15(9-11-17)20(22)16-12-18(23-4)14-19(13-16)24-5/h8-14H,1-7H3. The number of rotatable bonds is 6. The quantitative estimate of drug-likeness (QED) is 0.508. The lowest BCUT2D eigenvalue weighted by molar-refractivity contribution is 0.103. The van der Waals surface area contributed by atoms with E-state index in [4.69, 9.17) is 13.9 Å².